The normalized spacial score (nSPS) is 7.12. The molecule has 1 aromatic carbocycles. The van der Waals surface area contributed by atoms with Gasteiger partial charge >= 0.3 is 0 Å². The van der Waals surface area contributed by atoms with Crippen molar-refractivity contribution >= 4 is 10.5 Å². The van der Waals surface area contributed by atoms with Gasteiger partial charge in [-0.3, -0.25) is 0 Å². The highest BCUT2D eigenvalue weighted by molar-refractivity contribution is 5.95. The average Bonchev–Trinajstić information content (AvgIpc) is 1.96. The van der Waals surface area contributed by atoms with E-state index < -0.39 is 0 Å². The SMILES string of the molecule is O[SiH3].c1ccccc1. The van der Waals surface area contributed by atoms with Crippen molar-refractivity contribution in [3.63, 3.8) is 0 Å². The Morgan fingerprint density at radius 2 is 0.750 bits per heavy atom. The lowest BCUT2D eigenvalue weighted by atomic mass is 10.4. The van der Waals surface area contributed by atoms with Crippen LogP contribution in [0.15, 0.2) is 36.4 Å². The van der Waals surface area contributed by atoms with Crippen LogP contribution in [0, 0.1) is 0 Å². The zero-order valence-corrected chi connectivity index (χ0v) is 6.91. The molecule has 0 radical (unpaired) electrons. The molecular weight excluding hydrogens is 116 g/mol. The smallest absolute Gasteiger partial charge is 0.141 e. The van der Waals surface area contributed by atoms with Gasteiger partial charge in [-0.15, -0.1) is 0 Å². The second-order valence-corrected chi connectivity index (χ2v) is 1.15. The van der Waals surface area contributed by atoms with E-state index in [-0.39, 0.29) is 0 Å². The van der Waals surface area contributed by atoms with Crippen molar-refractivity contribution in [1.29, 1.82) is 0 Å². The molecule has 2 heteroatoms. The highest BCUT2D eigenvalue weighted by atomic mass is 28.2. The van der Waals surface area contributed by atoms with Crippen LogP contribution in [0.3, 0.4) is 0 Å². The van der Waals surface area contributed by atoms with Crippen LogP contribution < -0.4 is 0 Å². The molecule has 8 heavy (non-hydrogen) atoms. The summed E-state index contributed by atoms with van der Waals surface area (Å²) in [5.41, 5.74) is 0. The molecule has 0 heterocycles. The Kier molecular flexibility index (Phi) is 5.91. The van der Waals surface area contributed by atoms with Crippen molar-refractivity contribution in [2.75, 3.05) is 0 Å². The predicted molar refractivity (Wildman–Crippen MR) is 38.6 cm³/mol. The van der Waals surface area contributed by atoms with Crippen molar-refractivity contribution in [2.24, 2.45) is 0 Å². The maximum Gasteiger partial charge on any atom is 0.141 e. The van der Waals surface area contributed by atoms with Crippen molar-refractivity contribution < 1.29 is 4.80 Å². The molecule has 0 saturated carbocycles. The van der Waals surface area contributed by atoms with Crippen molar-refractivity contribution in [3.8, 4) is 0 Å². The molecule has 0 fully saturated rings. The summed E-state index contributed by atoms with van der Waals surface area (Å²) in [5, 5.41) is 0. The fourth-order valence-corrected chi connectivity index (χ4v) is 0.385. The first kappa shape index (κ1) is 7.40. The molecule has 1 rings (SSSR count). The lowest BCUT2D eigenvalue weighted by Crippen LogP contribution is -1.47. The van der Waals surface area contributed by atoms with Crippen molar-refractivity contribution in [2.45, 2.75) is 0 Å². The monoisotopic (exact) mass is 126 g/mol. The van der Waals surface area contributed by atoms with E-state index in [9.17, 15) is 0 Å². The summed E-state index contributed by atoms with van der Waals surface area (Å²) in [6.45, 7) is 0. The van der Waals surface area contributed by atoms with Gasteiger partial charge in [-0.25, -0.2) is 0 Å². The molecule has 44 valence electrons. The lowest BCUT2D eigenvalue weighted by Gasteiger charge is -1.69. The first-order chi connectivity index (χ1) is 4.00. The van der Waals surface area contributed by atoms with Crippen LogP contribution in [0.1, 0.15) is 0 Å². The van der Waals surface area contributed by atoms with E-state index in [0.29, 0.717) is 10.5 Å². The van der Waals surface area contributed by atoms with Gasteiger partial charge in [0.25, 0.3) is 0 Å². The summed E-state index contributed by atoms with van der Waals surface area (Å²) < 4.78 is 0. The summed E-state index contributed by atoms with van der Waals surface area (Å²) >= 11 is 0. The van der Waals surface area contributed by atoms with Crippen LogP contribution in [0.2, 0.25) is 0 Å². The standard InChI is InChI=1S/C6H6.H4OSi/c1-2-4-6-5-3-1;1-2/h1-6H;1H,2H3. The van der Waals surface area contributed by atoms with Crippen LogP contribution in [-0.2, 0) is 0 Å². The van der Waals surface area contributed by atoms with Gasteiger partial charge < -0.3 is 4.80 Å². The third-order valence-corrected chi connectivity index (χ3v) is 0.667. The Bertz CT molecular complexity index is 80.5. The Hall–Kier alpha value is -0.603. The van der Waals surface area contributed by atoms with Crippen LogP contribution in [-0.4, -0.2) is 15.3 Å². The van der Waals surface area contributed by atoms with Gasteiger partial charge in [0.15, 0.2) is 0 Å². The van der Waals surface area contributed by atoms with Gasteiger partial charge in [-0.1, -0.05) is 36.4 Å². The highest BCUT2D eigenvalue weighted by Crippen LogP contribution is 1.79. The zero-order valence-electron chi connectivity index (χ0n) is 4.91. The topological polar surface area (TPSA) is 20.2 Å². The lowest BCUT2D eigenvalue weighted by molar-refractivity contribution is 0.629. The van der Waals surface area contributed by atoms with E-state index in [0.717, 1.165) is 0 Å². The Balaban J connectivity index is 0.000000222. The number of benzene rings is 1. The molecule has 0 unspecified atom stereocenters. The molecule has 0 aliphatic heterocycles. The van der Waals surface area contributed by atoms with Gasteiger partial charge in [0.05, 0.1) is 0 Å². The zero-order chi connectivity index (χ0) is 6.24. The van der Waals surface area contributed by atoms with E-state index >= 15 is 0 Å². The minimum atomic E-state index is 0.306. The molecule has 0 aliphatic carbocycles. The van der Waals surface area contributed by atoms with Crippen molar-refractivity contribution in [3.05, 3.63) is 36.4 Å². The van der Waals surface area contributed by atoms with E-state index in [2.05, 4.69) is 0 Å². The molecule has 0 bridgehead atoms. The summed E-state index contributed by atoms with van der Waals surface area (Å²) in [6, 6.07) is 12.0. The minimum Gasteiger partial charge on any atom is -0.442 e. The Morgan fingerprint density at radius 1 is 0.625 bits per heavy atom. The maximum atomic E-state index is 7.14. The molecule has 1 N–H and O–H groups in total. The molecule has 0 amide bonds. The Morgan fingerprint density at radius 3 is 0.875 bits per heavy atom. The maximum absolute atomic E-state index is 7.14. The third kappa shape index (κ3) is 3.58. The molecule has 0 aliphatic rings. The highest BCUT2D eigenvalue weighted by Gasteiger charge is 1.57. The van der Waals surface area contributed by atoms with Crippen molar-refractivity contribution in [1.82, 2.24) is 0 Å². The average molecular weight is 126 g/mol. The van der Waals surface area contributed by atoms with E-state index in [4.69, 9.17) is 4.80 Å². The number of hydrogen-bond acceptors (Lipinski definition) is 1. The summed E-state index contributed by atoms with van der Waals surface area (Å²) in [4.78, 5) is 7.14. The van der Waals surface area contributed by atoms with Gasteiger partial charge in [0.1, 0.15) is 10.5 Å². The quantitative estimate of drug-likeness (QED) is 0.483. The van der Waals surface area contributed by atoms with Gasteiger partial charge in [0.2, 0.25) is 0 Å². The second-order valence-electron chi connectivity index (χ2n) is 1.15. The van der Waals surface area contributed by atoms with Crippen LogP contribution in [0.4, 0.5) is 0 Å². The van der Waals surface area contributed by atoms with E-state index in [1.54, 1.807) is 0 Å². The fraction of sp³-hybridized carbons (Fsp3) is 0. The first-order valence-electron chi connectivity index (χ1n) is 2.45. The molecule has 1 nitrogen and oxygen atoms in total. The minimum absolute atomic E-state index is 0.306. The van der Waals surface area contributed by atoms with Gasteiger partial charge in [0, 0.05) is 0 Å². The van der Waals surface area contributed by atoms with E-state index in [1.807, 2.05) is 36.4 Å². The van der Waals surface area contributed by atoms with Crippen LogP contribution in [0.5, 0.6) is 0 Å². The molecule has 0 aromatic heterocycles. The predicted octanol–water partition coefficient (Wildman–Crippen LogP) is -0.0543. The Labute approximate surface area is 52.5 Å². The fourth-order valence-electron chi connectivity index (χ4n) is 0.385. The molecular formula is C6H10OSi. The second kappa shape index (κ2) is 6.40. The molecule has 0 saturated heterocycles. The summed E-state index contributed by atoms with van der Waals surface area (Å²) in [5.74, 6) is 0. The molecule has 0 atom stereocenters. The van der Waals surface area contributed by atoms with Crippen LogP contribution in [0.25, 0.3) is 0 Å². The summed E-state index contributed by atoms with van der Waals surface area (Å²) in [7, 11) is 0.306. The van der Waals surface area contributed by atoms with Crippen LogP contribution >= 0.6 is 0 Å². The van der Waals surface area contributed by atoms with Gasteiger partial charge in [-0.05, 0) is 0 Å². The van der Waals surface area contributed by atoms with E-state index in [1.165, 1.54) is 0 Å². The first-order valence-corrected chi connectivity index (χ1v) is 3.34. The molecule has 0 spiro atoms. The molecule has 1 aromatic rings. The third-order valence-electron chi connectivity index (χ3n) is 0.667. The summed E-state index contributed by atoms with van der Waals surface area (Å²) in [6.07, 6.45) is 0. The number of hydrogen-bond donors (Lipinski definition) is 1. The number of rotatable bonds is 0. The largest absolute Gasteiger partial charge is 0.442 e. The van der Waals surface area contributed by atoms with Gasteiger partial charge in [-0.2, -0.15) is 0 Å².